The van der Waals surface area contributed by atoms with E-state index in [1.807, 2.05) is 10.9 Å². The molecular formula is C9H15N3O. The zero-order valence-corrected chi connectivity index (χ0v) is 7.85. The molecule has 1 fully saturated rings. The molecule has 0 aromatic carbocycles. The van der Waals surface area contributed by atoms with Crippen molar-refractivity contribution in [2.75, 3.05) is 0 Å². The smallest absolute Gasteiger partial charge is 0.111 e. The van der Waals surface area contributed by atoms with Crippen molar-refractivity contribution in [1.82, 2.24) is 15.0 Å². The minimum absolute atomic E-state index is 0.505. The van der Waals surface area contributed by atoms with Gasteiger partial charge in [0.2, 0.25) is 0 Å². The number of aryl methyl sites for hydroxylation is 1. The molecule has 1 aromatic heterocycles. The summed E-state index contributed by atoms with van der Waals surface area (Å²) in [6.07, 6.45) is 5.26. The van der Waals surface area contributed by atoms with Gasteiger partial charge in [-0.05, 0) is 19.3 Å². The maximum absolute atomic E-state index is 9.21. The van der Waals surface area contributed by atoms with Crippen molar-refractivity contribution >= 4 is 0 Å². The predicted molar refractivity (Wildman–Crippen MR) is 48.0 cm³/mol. The Bertz CT molecular complexity index is 278. The molecule has 1 atom stereocenters. The van der Waals surface area contributed by atoms with Crippen molar-refractivity contribution in [3.05, 3.63) is 11.9 Å². The van der Waals surface area contributed by atoms with Gasteiger partial charge < -0.3 is 5.11 Å². The quantitative estimate of drug-likeness (QED) is 0.757. The van der Waals surface area contributed by atoms with Crippen LogP contribution in [0.2, 0.25) is 0 Å². The van der Waals surface area contributed by atoms with Gasteiger partial charge in [-0.15, -0.1) is 5.10 Å². The van der Waals surface area contributed by atoms with Gasteiger partial charge in [-0.2, -0.15) is 0 Å². The molecular weight excluding hydrogens is 166 g/mol. The normalized spacial score (nSPS) is 18.9. The van der Waals surface area contributed by atoms with E-state index in [0.29, 0.717) is 5.69 Å². The van der Waals surface area contributed by atoms with Crippen LogP contribution in [0.4, 0.5) is 0 Å². The number of nitrogens with zero attached hydrogens (tertiary/aromatic N) is 3. The first-order valence-corrected chi connectivity index (χ1v) is 4.84. The number of hydrogen-bond donors (Lipinski definition) is 1. The van der Waals surface area contributed by atoms with E-state index in [1.165, 1.54) is 19.3 Å². The molecule has 0 radical (unpaired) electrons. The van der Waals surface area contributed by atoms with Gasteiger partial charge in [0.05, 0.1) is 12.3 Å². The lowest BCUT2D eigenvalue weighted by Gasteiger charge is -1.97. The number of aromatic nitrogens is 3. The van der Waals surface area contributed by atoms with Crippen LogP contribution in [0.5, 0.6) is 0 Å². The fraction of sp³-hybridized carbons (Fsp3) is 0.778. The van der Waals surface area contributed by atoms with E-state index in [2.05, 4.69) is 10.3 Å². The van der Waals surface area contributed by atoms with Crippen LogP contribution in [0.1, 0.15) is 38.0 Å². The number of aliphatic hydroxyl groups is 1. The van der Waals surface area contributed by atoms with Crippen molar-refractivity contribution in [3.63, 3.8) is 0 Å². The van der Waals surface area contributed by atoms with Crippen LogP contribution in [-0.2, 0) is 6.54 Å². The molecule has 4 nitrogen and oxygen atoms in total. The minimum Gasteiger partial charge on any atom is -0.387 e. The molecule has 0 amide bonds. The summed E-state index contributed by atoms with van der Waals surface area (Å²) in [7, 11) is 0. The fourth-order valence-electron chi connectivity index (χ4n) is 1.34. The van der Waals surface area contributed by atoms with E-state index in [4.69, 9.17) is 0 Å². The number of aliphatic hydroxyl groups excluding tert-OH is 1. The topological polar surface area (TPSA) is 50.9 Å². The molecule has 0 spiro atoms. The Morgan fingerprint density at radius 1 is 1.69 bits per heavy atom. The summed E-state index contributed by atoms with van der Waals surface area (Å²) in [5, 5.41) is 17.0. The van der Waals surface area contributed by atoms with E-state index in [1.54, 1.807) is 6.92 Å². The average molecular weight is 181 g/mol. The summed E-state index contributed by atoms with van der Waals surface area (Å²) >= 11 is 0. The summed E-state index contributed by atoms with van der Waals surface area (Å²) in [5.41, 5.74) is 0.663. The molecule has 4 heteroatoms. The highest BCUT2D eigenvalue weighted by molar-refractivity contribution is 4.95. The minimum atomic E-state index is -0.505. The molecule has 13 heavy (non-hydrogen) atoms. The molecule has 1 saturated carbocycles. The average Bonchev–Trinajstić information content (AvgIpc) is 2.79. The van der Waals surface area contributed by atoms with Gasteiger partial charge in [0.25, 0.3) is 0 Å². The maximum Gasteiger partial charge on any atom is 0.111 e. The summed E-state index contributed by atoms with van der Waals surface area (Å²) in [6, 6.07) is 0. The van der Waals surface area contributed by atoms with Gasteiger partial charge in [0.15, 0.2) is 0 Å². The van der Waals surface area contributed by atoms with Crippen LogP contribution < -0.4 is 0 Å². The first-order valence-electron chi connectivity index (χ1n) is 4.84. The van der Waals surface area contributed by atoms with Gasteiger partial charge in [0, 0.05) is 6.54 Å². The molecule has 1 N–H and O–H groups in total. The van der Waals surface area contributed by atoms with Gasteiger partial charge >= 0.3 is 0 Å². The monoisotopic (exact) mass is 181 g/mol. The van der Waals surface area contributed by atoms with Gasteiger partial charge in [-0.25, -0.2) is 0 Å². The first-order chi connectivity index (χ1) is 6.25. The van der Waals surface area contributed by atoms with Crippen molar-refractivity contribution in [1.29, 1.82) is 0 Å². The molecule has 1 unspecified atom stereocenters. The predicted octanol–water partition coefficient (Wildman–Crippen LogP) is 1.13. The van der Waals surface area contributed by atoms with Crippen LogP contribution in [0.15, 0.2) is 6.20 Å². The molecule has 72 valence electrons. The van der Waals surface area contributed by atoms with E-state index in [0.717, 1.165) is 12.5 Å². The van der Waals surface area contributed by atoms with E-state index in [9.17, 15) is 5.11 Å². The fourth-order valence-corrected chi connectivity index (χ4v) is 1.34. The van der Waals surface area contributed by atoms with E-state index in [-0.39, 0.29) is 0 Å². The van der Waals surface area contributed by atoms with E-state index < -0.39 is 6.10 Å². The van der Waals surface area contributed by atoms with Crippen LogP contribution in [0, 0.1) is 5.92 Å². The molecule has 2 rings (SSSR count). The molecule has 1 aliphatic rings. The zero-order chi connectivity index (χ0) is 9.26. The van der Waals surface area contributed by atoms with Gasteiger partial charge in [-0.1, -0.05) is 18.1 Å². The Hall–Kier alpha value is -0.900. The van der Waals surface area contributed by atoms with Crippen LogP contribution >= 0.6 is 0 Å². The highest BCUT2D eigenvalue weighted by Crippen LogP contribution is 2.32. The molecule has 1 heterocycles. The summed E-state index contributed by atoms with van der Waals surface area (Å²) in [6.45, 7) is 2.64. The largest absolute Gasteiger partial charge is 0.387 e. The Balaban J connectivity index is 1.88. The maximum atomic E-state index is 9.21. The van der Waals surface area contributed by atoms with Gasteiger partial charge in [0.1, 0.15) is 5.69 Å². The summed E-state index contributed by atoms with van der Waals surface area (Å²) in [5.74, 6) is 0.916. The Morgan fingerprint density at radius 3 is 3.00 bits per heavy atom. The number of rotatable bonds is 4. The second kappa shape index (κ2) is 3.46. The lowest BCUT2D eigenvalue weighted by molar-refractivity contribution is 0.194. The SMILES string of the molecule is CC(O)c1cn(CCC2CC2)nn1. The molecule has 0 aliphatic heterocycles. The number of hydrogen-bond acceptors (Lipinski definition) is 3. The standard InChI is InChI=1S/C9H15N3O/c1-7(13)9-6-12(11-10-9)5-4-8-2-3-8/h6-8,13H,2-5H2,1H3. The lowest BCUT2D eigenvalue weighted by atomic mass is 10.3. The second-order valence-electron chi connectivity index (χ2n) is 3.81. The zero-order valence-electron chi connectivity index (χ0n) is 7.85. The Morgan fingerprint density at radius 2 is 2.46 bits per heavy atom. The third kappa shape index (κ3) is 2.28. The third-order valence-electron chi connectivity index (χ3n) is 2.45. The highest BCUT2D eigenvalue weighted by atomic mass is 16.3. The molecule has 1 aromatic rings. The Labute approximate surface area is 77.6 Å². The lowest BCUT2D eigenvalue weighted by Crippen LogP contribution is -1.99. The molecule has 0 bridgehead atoms. The van der Waals surface area contributed by atoms with Crippen molar-refractivity contribution < 1.29 is 5.11 Å². The van der Waals surface area contributed by atoms with Crippen LogP contribution in [0.3, 0.4) is 0 Å². The molecule has 1 aliphatic carbocycles. The van der Waals surface area contributed by atoms with Gasteiger partial charge in [-0.3, -0.25) is 4.68 Å². The third-order valence-corrected chi connectivity index (χ3v) is 2.45. The van der Waals surface area contributed by atoms with Crippen LogP contribution in [0.25, 0.3) is 0 Å². The summed E-state index contributed by atoms with van der Waals surface area (Å²) in [4.78, 5) is 0. The van der Waals surface area contributed by atoms with Crippen molar-refractivity contribution in [3.8, 4) is 0 Å². The first kappa shape index (κ1) is 8.69. The highest BCUT2D eigenvalue weighted by Gasteiger charge is 2.20. The van der Waals surface area contributed by atoms with Crippen molar-refractivity contribution in [2.45, 2.75) is 38.8 Å². The Kier molecular flexibility index (Phi) is 2.31. The summed E-state index contributed by atoms with van der Waals surface area (Å²) < 4.78 is 1.82. The van der Waals surface area contributed by atoms with Crippen molar-refractivity contribution in [2.24, 2.45) is 5.92 Å². The van der Waals surface area contributed by atoms with E-state index >= 15 is 0 Å². The second-order valence-corrected chi connectivity index (χ2v) is 3.81. The van der Waals surface area contributed by atoms with Crippen LogP contribution in [-0.4, -0.2) is 20.1 Å². The molecule has 0 saturated heterocycles.